The van der Waals surface area contributed by atoms with Gasteiger partial charge in [-0.25, -0.2) is 14.4 Å². The topological polar surface area (TPSA) is 82.8 Å². The van der Waals surface area contributed by atoms with Crippen molar-refractivity contribution in [2.75, 3.05) is 6.61 Å². The van der Waals surface area contributed by atoms with Crippen molar-refractivity contribution in [2.24, 2.45) is 0 Å². The van der Waals surface area contributed by atoms with Gasteiger partial charge in [0.25, 0.3) is 0 Å². The van der Waals surface area contributed by atoms with Crippen LogP contribution in [0.2, 0.25) is 0 Å². The van der Waals surface area contributed by atoms with Gasteiger partial charge in [-0.1, -0.05) is 6.07 Å². The van der Waals surface area contributed by atoms with E-state index in [1.54, 1.807) is 36.6 Å². The summed E-state index contributed by atoms with van der Waals surface area (Å²) in [5, 5.41) is 2.29. The summed E-state index contributed by atoms with van der Waals surface area (Å²) >= 11 is 1.27. The maximum Gasteiger partial charge on any atom is 0.353 e. The highest BCUT2D eigenvalue weighted by molar-refractivity contribution is 7.12. The lowest BCUT2D eigenvalue weighted by Crippen LogP contribution is -2.16. The third-order valence-corrected chi connectivity index (χ3v) is 3.99. The lowest BCUT2D eigenvalue weighted by atomic mass is 10.2. The summed E-state index contributed by atoms with van der Waals surface area (Å²) in [6.07, 6.45) is 0. The third-order valence-electron chi connectivity index (χ3n) is 3.14. The first-order valence-electron chi connectivity index (χ1n) is 7.09. The van der Waals surface area contributed by atoms with E-state index in [1.165, 1.54) is 23.5 Å². The molecule has 2 heterocycles. The van der Waals surface area contributed by atoms with Crippen molar-refractivity contribution in [3.05, 3.63) is 62.6 Å². The molecular formula is C17H12O6S. The van der Waals surface area contributed by atoms with Crippen LogP contribution in [0.1, 0.15) is 27.0 Å². The van der Waals surface area contributed by atoms with Crippen molar-refractivity contribution in [2.45, 2.75) is 6.92 Å². The number of esters is 2. The van der Waals surface area contributed by atoms with Crippen molar-refractivity contribution < 1.29 is 23.5 Å². The lowest BCUT2D eigenvalue weighted by Gasteiger charge is -2.05. The minimum Gasteiger partial charge on any atom is -0.462 e. The van der Waals surface area contributed by atoms with Crippen molar-refractivity contribution in [3.8, 4) is 5.75 Å². The second kappa shape index (κ2) is 6.67. The molecule has 0 fully saturated rings. The standard InChI is InChI=1S/C17H12O6S/c1-2-21-15(18)12-8-10-5-6-11(9-13(10)23-16(12)19)22-17(20)14-4-3-7-24-14/h3-9H,2H2,1H3. The van der Waals surface area contributed by atoms with E-state index in [-0.39, 0.29) is 23.5 Å². The van der Waals surface area contributed by atoms with Crippen LogP contribution < -0.4 is 10.4 Å². The number of carbonyl (C=O) groups is 2. The molecule has 0 saturated carbocycles. The maximum atomic E-state index is 11.9. The number of fused-ring (bicyclic) bond motifs is 1. The van der Waals surface area contributed by atoms with E-state index in [1.807, 2.05) is 0 Å². The second-order valence-electron chi connectivity index (χ2n) is 4.73. The molecule has 24 heavy (non-hydrogen) atoms. The van der Waals surface area contributed by atoms with Gasteiger partial charge in [-0.2, -0.15) is 0 Å². The molecular weight excluding hydrogens is 332 g/mol. The van der Waals surface area contributed by atoms with Gasteiger partial charge < -0.3 is 13.9 Å². The molecule has 7 heteroatoms. The number of benzene rings is 1. The summed E-state index contributed by atoms with van der Waals surface area (Å²) in [4.78, 5) is 36.0. The molecule has 0 spiro atoms. The average Bonchev–Trinajstić information content (AvgIpc) is 3.09. The van der Waals surface area contributed by atoms with Crippen LogP contribution in [0.3, 0.4) is 0 Å². The van der Waals surface area contributed by atoms with Crippen LogP contribution >= 0.6 is 11.3 Å². The Morgan fingerprint density at radius 1 is 1.17 bits per heavy atom. The van der Waals surface area contributed by atoms with E-state index in [2.05, 4.69) is 0 Å². The predicted octanol–water partition coefficient (Wildman–Crippen LogP) is 3.25. The molecule has 0 atom stereocenters. The van der Waals surface area contributed by atoms with Crippen LogP contribution in [0.5, 0.6) is 5.75 Å². The molecule has 1 aromatic carbocycles. The molecule has 3 rings (SSSR count). The van der Waals surface area contributed by atoms with Crippen LogP contribution in [-0.4, -0.2) is 18.5 Å². The normalized spacial score (nSPS) is 10.5. The fraction of sp³-hybridized carbons (Fsp3) is 0.118. The second-order valence-corrected chi connectivity index (χ2v) is 5.68. The Hall–Kier alpha value is -2.93. The van der Waals surface area contributed by atoms with E-state index >= 15 is 0 Å². The molecule has 0 aliphatic rings. The zero-order chi connectivity index (χ0) is 17.1. The van der Waals surface area contributed by atoms with Crippen molar-refractivity contribution >= 4 is 34.2 Å². The Morgan fingerprint density at radius 2 is 2.00 bits per heavy atom. The Labute approximate surface area is 140 Å². The average molecular weight is 344 g/mol. The van der Waals surface area contributed by atoms with Gasteiger partial charge in [-0.05, 0) is 36.6 Å². The lowest BCUT2D eigenvalue weighted by molar-refractivity contribution is 0.0521. The summed E-state index contributed by atoms with van der Waals surface area (Å²) in [5.74, 6) is -0.982. The Morgan fingerprint density at radius 3 is 2.71 bits per heavy atom. The van der Waals surface area contributed by atoms with Crippen LogP contribution in [0, 0.1) is 0 Å². The molecule has 6 nitrogen and oxygen atoms in total. The van der Waals surface area contributed by atoms with Gasteiger partial charge in [0.1, 0.15) is 21.8 Å². The number of hydrogen-bond donors (Lipinski definition) is 0. The first kappa shape index (κ1) is 15.9. The molecule has 3 aromatic rings. The van der Waals surface area contributed by atoms with Crippen molar-refractivity contribution in [1.82, 2.24) is 0 Å². The molecule has 0 bridgehead atoms. The maximum absolute atomic E-state index is 11.9. The molecule has 0 aliphatic heterocycles. The van der Waals surface area contributed by atoms with Crippen LogP contribution in [0.4, 0.5) is 0 Å². The summed E-state index contributed by atoms with van der Waals surface area (Å²) in [6.45, 7) is 1.81. The van der Waals surface area contributed by atoms with Crippen LogP contribution in [-0.2, 0) is 4.74 Å². The first-order valence-corrected chi connectivity index (χ1v) is 7.97. The highest BCUT2D eigenvalue weighted by Gasteiger charge is 2.16. The molecule has 0 aliphatic carbocycles. The minimum absolute atomic E-state index is 0.161. The van der Waals surface area contributed by atoms with Crippen molar-refractivity contribution in [3.63, 3.8) is 0 Å². The Balaban J connectivity index is 1.92. The summed E-state index contributed by atoms with van der Waals surface area (Å²) in [7, 11) is 0. The Bertz CT molecular complexity index is 955. The third kappa shape index (κ3) is 3.21. The van der Waals surface area contributed by atoms with Gasteiger partial charge >= 0.3 is 17.6 Å². The molecule has 0 saturated heterocycles. The summed E-state index contributed by atoms with van der Waals surface area (Å²) in [5.41, 5.74) is -0.764. The predicted molar refractivity (Wildman–Crippen MR) is 87.7 cm³/mol. The zero-order valence-corrected chi connectivity index (χ0v) is 13.4. The summed E-state index contributed by atoms with van der Waals surface area (Å²) in [6, 6.07) is 9.37. The molecule has 0 amide bonds. The monoisotopic (exact) mass is 344 g/mol. The number of ether oxygens (including phenoxy) is 2. The SMILES string of the molecule is CCOC(=O)c1cc2ccc(OC(=O)c3cccs3)cc2oc1=O. The van der Waals surface area contributed by atoms with E-state index in [4.69, 9.17) is 13.9 Å². The number of thiophene rings is 1. The number of carbonyl (C=O) groups excluding carboxylic acids is 2. The molecule has 122 valence electrons. The fourth-order valence-electron chi connectivity index (χ4n) is 2.06. The van der Waals surface area contributed by atoms with E-state index < -0.39 is 17.6 Å². The summed E-state index contributed by atoms with van der Waals surface area (Å²) < 4.78 is 15.2. The molecule has 0 N–H and O–H groups in total. The van der Waals surface area contributed by atoms with Gasteiger partial charge in [0.15, 0.2) is 0 Å². The number of rotatable bonds is 4. The first-order chi connectivity index (χ1) is 11.6. The van der Waals surface area contributed by atoms with Gasteiger partial charge in [-0.3, -0.25) is 0 Å². The molecule has 0 unspecified atom stereocenters. The Kier molecular flexibility index (Phi) is 4.43. The van der Waals surface area contributed by atoms with Crippen molar-refractivity contribution in [1.29, 1.82) is 0 Å². The fourth-order valence-corrected chi connectivity index (χ4v) is 2.66. The van der Waals surface area contributed by atoms with Gasteiger partial charge in [0, 0.05) is 11.5 Å². The van der Waals surface area contributed by atoms with Gasteiger partial charge in [0.2, 0.25) is 0 Å². The number of hydrogen-bond acceptors (Lipinski definition) is 7. The molecule has 0 radical (unpaired) electrons. The highest BCUT2D eigenvalue weighted by Crippen LogP contribution is 2.22. The largest absolute Gasteiger partial charge is 0.462 e. The van der Waals surface area contributed by atoms with E-state index in [9.17, 15) is 14.4 Å². The van der Waals surface area contributed by atoms with Gasteiger partial charge in [-0.15, -0.1) is 11.3 Å². The smallest absolute Gasteiger partial charge is 0.353 e. The van der Waals surface area contributed by atoms with Gasteiger partial charge in [0.05, 0.1) is 6.61 Å². The zero-order valence-electron chi connectivity index (χ0n) is 12.6. The van der Waals surface area contributed by atoms with Crippen LogP contribution in [0.25, 0.3) is 11.0 Å². The minimum atomic E-state index is -0.803. The van der Waals surface area contributed by atoms with E-state index in [0.717, 1.165) is 0 Å². The molecule has 2 aromatic heterocycles. The quantitative estimate of drug-likeness (QED) is 0.410. The van der Waals surface area contributed by atoms with Crippen LogP contribution in [0.15, 0.2) is 51.0 Å². The van der Waals surface area contributed by atoms with E-state index in [0.29, 0.717) is 10.3 Å². The highest BCUT2D eigenvalue weighted by atomic mass is 32.1.